The van der Waals surface area contributed by atoms with Crippen molar-refractivity contribution in [1.29, 1.82) is 0 Å². The largest absolute Gasteiger partial charge is 0.476 e. The Morgan fingerprint density at radius 1 is 1.10 bits per heavy atom. The number of hydrogen-bond acceptors (Lipinski definition) is 9. The normalized spacial score (nSPS) is 24.6. The molecule has 11 nitrogen and oxygen atoms in total. The monoisotopic (exact) mass is 591 g/mol. The van der Waals surface area contributed by atoms with E-state index < -0.39 is 29.5 Å². The molecule has 0 aromatic carbocycles. The van der Waals surface area contributed by atoms with E-state index in [1.807, 2.05) is 6.92 Å². The minimum atomic E-state index is -2.85. The number of aromatic nitrogens is 4. The van der Waals surface area contributed by atoms with E-state index in [9.17, 15) is 4.79 Å². The van der Waals surface area contributed by atoms with Gasteiger partial charge in [-0.25, -0.2) is 4.98 Å². The summed E-state index contributed by atoms with van der Waals surface area (Å²) in [4.78, 5) is 25.2. The first-order valence-corrected chi connectivity index (χ1v) is 18.2. The predicted octanol–water partition coefficient (Wildman–Crippen LogP) is 5.59. The summed E-state index contributed by atoms with van der Waals surface area (Å²) in [6.07, 6.45) is 0.225. The molecule has 0 saturated carbocycles. The summed E-state index contributed by atoms with van der Waals surface area (Å²) in [5, 5.41) is 2.65. The van der Waals surface area contributed by atoms with E-state index in [4.69, 9.17) is 22.4 Å². The average Bonchev–Trinajstić information content (AvgIpc) is 3.39. The lowest BCUT2D eigenvalue weighted by Crippen LogP contribution is -2.65. The summed E-state index contributed by atoms with van der Waals surface area (Å²) in [6.45, 7) is 26.0. The van der Waals surface area contributed by atoms with Crippen LogP contribution in [0.2, 0.25) is 22.2 Å². The summed E-state index contributed by atoms with van der Waals surface area (Å²) in [5.41, 5.74) is 2.51. The van der Waals surface area contributed by atoms with Crippen LogP contribution in [0.25, 0.3) is 11.2 Å². The number of nitrogens with one attached hydrogen (secondary N) is 1. The van der Waals surface area contributed by atoms with Gasteiger partial charge >= 0.3 is 17.1 Å². The topological polar surface area (TPSA) is 119 Å². The minimum absolute atomic E-state index is 0.128. The van der Waals surface area contributed by atoms with E-state index >= 15 is 0 Å². The zero-order chi connectivity index (χ0) is 29.6. The van der Waals surface area contributed by atoms with Crippen molar-refractivity contribution in [3.8, 4) is 5.88 Å². The van der Waals surface area contributed by atoms with Crippen molar-refractivity contribution in [2.24, 2.45) is 0 Å². The minimum Gasteiger partial charge on any atom is -0.476 e. The second-order valence-corrected chi connectivity index (χ2v) is 20.8. The molecule has 222 valence electrons. The molecule has 4 heterocycles. The standard InChI is InChI=1S/C27H45N5O6Si2/c1-12-34-25-22-24(30-27(31-25)29-20(11)33)32(14-28-22)26-19(10)23-21(36-26)13-35-39(15(2)3,16(4)5)38-40(37-23,17(6)7)18(8)9/h14-18,21,23,26H,10,12-13H2,1-9,11H3,(H,29,30,31,33)/t21-,23+,26-/m1/s1. The van der Waals surface area contributed by atoms with Gasteiger partial charge in [-0.15, -0.1) is 0 Å². The highest BCUT2D eigenvalue weighted by atomic mass is 28.5. The predicted molar refractivity (Wildman–Crippen MR) is 158 cm³/mol. The number of nitrogens with zero attached hydrogens (tertiary/aromatic N) is 4. The fourth-order valence-corrected chi connectivity index (χ4v) is 17.1. The van der Waals surface area contributed by atoms with Gasteiger partial charge in [-0.3, -0.25) is 14.7 Å². The Morgan fingerprint density at radius 2 is 1.73 bits per heavy atom. The molecule has 2 aromatic rings. The second-order valence-electron chi connectivity index (χ2n) is 11.9. The van der Waals surface area contributed by atoms with Crippen molar-refractivity contribution in [3.05, 3.63) is 18.5 Å². The lowest BCUT2D eigenvalue weighted by Gasteiger charge is -2.51. The van der Waals surface area contributed by atoms with Crippen LogP contribution in [0.4, 0.5) is 5.95 Å². The van der Waals surface area contributed by atoms with Gasteiger partial charge in [0.1, 0.15) is 12.2 Å². The van der Waals surface area contributed by atoms with E-state index in [0.29, 0.717) is 24.4 Å². The summed E-state index contributed by atoms with van der Waals surface area (Å²) in [7, 11) is -5.55. The van der Waals surface area contributed by atoms with Crippen LogP contribution in [0, 0.1) is 0 Å². The fourth-order valence-electron chi connectivity index (χ4n) is 5.86. The summed E-state index contributed by atoms with van der Waals surface area (Å²) >= 11 is 0. The highest BCUT2D eigenvalue weighted by Crippen LogP contribution is 2.49. The number of ether oxygens (including phenoxy) is 2. The lowest BCUT2D eigenvalue weighted by atomic mass is 10.1. The van der Waals surface area contributed by atoms with Gasteiger partial charge in [0.25, 0.3) is 0 Å². The van der Waals surface area contributed by atoms with Crippen LogP contribution in [0.15, 0.2) is 18.5 Å². The number of amides is 1. The highest BCUT2D eigenvalue weighted by molar-refractivity contribution is 6.84. The molecule has 0 spiro atoms. The molecular weight excluding hydrogens is 546 g/mol. The van der Waals surface area contributed by atoms with E-state index in [0.717, 1.165) is 5.57 Å². The Kier molecular flexibility index (Phi) is 8.93. The summed E-state index contributed by atoms with van der Waals surface area (Å²) < 4.78 is 35.5. The Morgan fingerprint density at radius 3 is 2.27 bits per heavy atom. The van der Waals surface area contributed by atoms with Crippen LogP contribution in [-0.2, 0) is 22.5 Å². The van der Waals surface area contributed by atoms with Crippen LogP contribution >= 0.6 is 0 Å². The van der Waals surface area contributed by atoms with Crippen molar-refractivity contribution < 1.29 is 27.2 Å². The van der Waals surface area contributed by atoms with E-state index in [1.54, 1.807) is 10.9 Å². The van der Waals surface area contributed by atoms with Crippen LogP contribution in [0.3, 0.4) is 0 Å². The van der Waals surface area contributed by atoms with Gasteiger partial charge in [-0.05, 0) is 29.1 Å². The number of carbonyl (C=O) groups is 1. The first kappa shape index (κ1) is 30.8. The zero-order valence-electron chi connectivity index (χ0n) is 25.5. The Labute approximate surface area is 239 Å². The summed E-state index contributed by atoms with van der Waals surface area (Å²) in [6, 6.07) is 0. The van der Waals surface area contributed by atoms with Gasteiger partial charge in [-0.2, -0.15) is 9.97 Å². The molecule has 3 atom stereocenters. The molecule has 2 saturated heterocycles. The maximum atomic E-state index is 11.8. The maximum Gasteiger partial charge on any atom is 0.335 e. The van der Waals surface area contributed by atoms with E-state index in [2.05, 4.69) is 82.2 Å². The van der Waals surface area contributed by atoms with Crippen molar-refractivity contribution >= 4 is 40.1 Å². The fraction of sp³-hybridized carbons (Fsp3) is 0.704. The van der Waals surface area contributed by atoms with Crippen LogP contribution in [0.1, 0.15) is 75.5 Å². The Bertz CT molecular complexity index is 1230. The molecule has 40 heavy (non-hydrogen) atoms. The quantitative estimate of drug-likeness (QED) is 0.309. The molecule has 2 aromatic heterocycles. The number of hydrogen-bond donors (Lipinski definition) is 1. The molecule has 2 fully saturated rings. The van der Waals surface area contributed by atoms with Gasteiger partial charge in [-0.1, -0.05) is 62.0 Å². The number of anilines is 1. The molecular formula is C27H45N5O6Si2. The van der Waals surface area contributed by atoms with Crippen LogP contribution in [-0.4, -0.2) is 68.0 Å². The molecule has 0 unspecified atom stereocenters. The molecule has 13 heteroatoms. The third-order valence-corrected chi connectivity index (χ3v) is 18.1. The highest BCUT2D eigenvalue weighted by Gasteiger charge is 2.60. The average molecular weight is 592 g/mol. The van der Waals surface area contributed by atoms with Crippen molar-refractivity contribution in [2.75, 3.05) is 18.5 Å². The Balaban J connectivity index is 1.80. The third-order valence-electron chi connectivity index (χ3n) is 7.86. The Hall–Kier alpha value is -2.17. The second kappa shape index (κ2) is 11.6. The SMILES string of the molecule is C=C1[C@H](n2cnc3c(OCC)nc(NC(C)=O)nc32)O[C@@H]2CO[Si](C(C)C)(C(C)C)O[Si](C(C)C)(C(C)C)O[C@@H]12. The smallest absolute Gasteiger partial charge is 0.335 e. The van der Waals surface area contributed by atoms with Gasteiger partial charge in [0.15, 0.2) is 17.4 Å². The number of fused-ring (bicyclic) bond motifs is 2. The van der Waals surface area contributed by atoms with Crippen LogP contribution in [0.5, 0.6) is 5.88 Å². The molecule has 0 radical (unpaired) electrons. The zero-order valence-corrected chi connectivity index (χ0v) is 27.5. The van der Waals surface area contributed by atoms with Crippen molar-refractivity contribution in [3.63, 3.8) is 0 Å². The first-order valence-electron chi connectivity index (χ1n) is 14.3. The number of carbonyl (C=O) groups excluding carboxylic acids is 1. The van der Waals surface area contributed by atoms with Gasteiger partial charge in [0.2, 0.25) is 17.7 Å². The molecule has 1 N–H and O–H groups in total. The van der Waals surface area contributed by atoms with Gasteiger partial charge < -0.3 is 22.4 Å². The molecule has 0 aliphatic carbocycles. The first-order chi connectivity index (χ1) is 18.8. The molecule has 2 aliphatic heterocycles. The van der Waals surface area contributed by atoms with Crippen molar-refractivity contribution in [2.45, 2.75) is 110 Å². The van der Waals surface area contributed by atoms with Gasteiger partial charge in [0, 0.05) is 12.5 Å². The number of rotatable bonds is 8. The summed E-state index contributed by atoms with van der Waals surface area (Å²) in [5.74, 6) is 0.127. The van der Waals surface area contributed by atoms with Crippen LogP contribution < -0.4 is 10.1 Å². The molecule has 2 aliphatic rings. The third kappa shape index (κ3) is 5.27. The van der Waals surface area contributed by atoms with E-state index in [-0.39, 0.29) is 46.0 Å². The number of imidazole rings is 1. The lowest BCUT2D eigenvalue weighted by molar-refractivity contribution is -0.114. The molecule has 1 amide bonds. The van der Waals surface area contributed by atoms with E-state index in [1.165, 1.54) is 6.92 Å². The molecule has 4 rings (SSSR count). The maximum absolute atomic E-state index is 11.8. The van der Waals surface area contributed by atoms with Gasteiger partial charge in [0.05, 0.1) is 19.5 Å². The van der Waals surface area contributed by atoms with Crippen molar-refractivity contribution in [1.82, 2.24) is 19.5 Å². The molecule has 0 bridgehead atoms.